The van der Waals surface area contributed by atoms with Gasteiger partial charge in [-0.15, -0.1) is 0 Å². The maximum Gasteiger partial charge on any atom is 0.338 e. The number of benzene rings is 1. The second-order valence-electron chi connectivity index (χ2n) is 12.7. The molecule has 0 radical (unpaired) electrons. The largest absolute Gasteiger partial charge is 0.457 e. The number of rotatable bonds is 4. The molecule has 9 nitrogen and oxygen atoms in total. The smallest absolute Gasteiger partial charge is 0.338 e. The molecule has 0 amide bonds. The normalized spacial score (nSPS) is 43.4. The number of aliphatic hydroxyl groups excluding tert-OH is 3. The minimum absolute atomic E-state index is 0.0197. The van der Waals surface area contributed by atoms with Crippen LogP contribution in [-0.4, -0.2) is 80.7 Å². The van der Waals surface area contributed by atoms with Gasteiger partial charge in [0.15, 0.2) is 5.60 Å². The van der Waals surface area contributed by atoms with Gasteiger partial charge in [-0.05, 0) is 44.9 Å². The van der Waals surface area contributed by atoms with E-state index in [4.69, 9.17) is 14.2 Å². The maximum absolute atomic E-state index is 13.8. The summed E-state index contributed by atoms with van der Waals surface area (Å²) >= 11 is 0. The monoisotopic (exact) mass is 544 g/mol. The first-order valence-electron chi connectivity index (χ1n) is 13.7. The van der Waals surface area contributed by atoms with E-state index in [2.05, 4.69) is 0 Å². The maximum atomic E-state index is 13.8. The van der Waals surface area contributed by atoms with Crippen molar-refractivity contribution in [3.8, 4) is 0 Å². The third-order valence-corrected chi connectivity index (χ3v) is 10.4. The van der Waals surface area contributed by atoms with Gasteiger partial charge in [-0.1, -0.05) is 37.6 Å². The molecule has 2 saturated carbocycles. The summed E-state index contributed by atoms with van der Waals surface area (Å²) < 4.78 is 18.3. The number of aliphatic hydroxyl groups is 4. The Balaban J connectivity index is 1.83. The first kappa shape index (κ1) is 28.2. The highest BCUT2D eigenvalue weighted by Crippen LogP contribution is 2.68. The van der Waals surface area contributed by atoms with Gasteiger partial charge in [-0.2, -0.15) is 0 Å². The van der Waals surface area contributed by atoms with E-state index in [-0.39, 0.29) is 25.0 Å². The van der Waals surface area contributed by atoms with Crippen LogP contribution in [-0.2, 0) is 19.0 Å². The summed E-state index contributed by atoms with van der Waals surface area (Å²) in [4.78, 5) is 26.3. The number of hydrogen-bond acceptors (Lipinski definition) is 9. The lowest BCUT2D eigenvalue weighted by Crippen LogP contribution is -2.78. The van der Waals surface area contributed by atoms with Crippen LogP contribution in [0.15, 0.2) is 41.5 Å². The van der Waals surface area contributed by atoms with Crippen molar-refractivity contribution in [1.82, 2.24) is 0 Å². The van der Waals surface area contributed by atoms with Gasteiger partial charge in [0.2, 0.25) is 0 Å². The van der Waals surface area contributed by atoms with Crippen LogP contribution in [0.25, 0.3) is 0 Å². The number of esters is 2. The van der Waals surface area contributed by atoms with E-state index in [1.54, 1.807) is 65.0 Å². The SMILES string of the molecule is CC(=O)O[C@@]12CO[C@@H]1C[C@H](O)[C@]1(C)[C@@H]2[C@H](OC(=O)c2ccccc2)[C@]2(C(C)(C)O)C[C@H](O)C(C)=C2[C@H](C)[C@@H]1O. The average Bonchev–Trinajstić information content (AvgIpc) is 3.11. The molecule has 1 heterocycles. The zero-order valence-electron chi connectivity index (χ0n) is 23.4. The van der Waals surface area contributed by atoms with Crippen molar-refractivity contribution in [2.45, 2.75) is 96.1 Å². The average molecular weight is 545 g/mol. The van der Waals surface area contributed by atoms with E-state index in [0.29, 0.717) is 11.1 Å². The molecule has 1 aliphatic heterocycles. The first-order valence-corrected chi connectivity index (χ1v) is 13.7. The second-order valence-corrected chi connectivity index (χ2v) is 12.7. The highest BCUT2D eigenvalue weighted by molar-refractivity contribution is 5.89. The van der Waals surface area contributed by atoms with Crippen LogP contribution < -0.4 is 0 Å². The lowest BCUT2D eigenvalue weighted by molar-refractivity contribution is -0.350. The van der Waals surface area contributed by atoms with Gasteiger partial charge in [0, 0.05) is 24.7 Å². The third-order valence-electron chi connectivity index (χ3n) is 10.4. The topological polar surface area (TPSA) is 143 Å². The van der Waals surface area contributed by atoms with Gasteiger partial charge in [-0.25, -0.2) is 4.79 Å². The van der Waals surface area contributed by atoms with E-state index in [1.807, 2.05) is 0 Å². The molecule has 3 fully saturated rings. The van der Waals surface area contributed by atoms with Gasteiger partial charge < -0.3 is 34.6 Å². The van der Waals surface area contributed by atoms with Crippen molar-refractivity contribution >= 4 is 11.9 Å². The van der Waals surface area contributed by atoms with Crippen molar-refractivity contribution in [2.75, 3.05) is 6.61 Å². The number of carbonyl (C=O) groups excluding carboxylic acids is 2. The first-order chi connectivity index (χ1) is 18.1. The van der Waals surface area contributed by atoms with Crippen LogP contribution in [0.2, 0.25) is 0 Å². The van der Waals surface area contributed by atoms with E-state index in [9.17, 15) is 30.0 Å². The van der Waals surface area contributed by atoms with E-state index < -0.39 is 76.3 Å². The van der Waals surface area contributed by atoms with Gasteiger partial charge in [0.05, 0.1) is 47.4 Å². The molecule has 0 bridgehead atoms. The fraction of sp³-hybridized carbons (Fsp3) is 0.667. The van der Waals surface area contributed by atoms with Crippen LogP contribution in [0.1, 0.15) is 64.7 Å². The molecule has 214 valence electrons. The zero-order chi connectivity index (χ0) is 28.7. The van der Waals surface area contributed by atoms with Crippen molar-refractivity contribution < 1.29 is 44.2 Å². The Kier molecular flexibility index (Phi) is 6.59. The van der Waals surface area contributed by atoms with Crippen molar-refractivity contribution in [3.05, 3.63) is 47.0 Å². The highest BCUT2D eigenvalue weighted by atomic mass is 16.6. The number of fused-ring (bicyclic) bond motifs is 4. The molecule has 4 aliphatic rings. The van der Waals surface area contributed by atoms with Crippen molar-refractivity contribution in [2.24, 2.45) is 22.7 Å². The molecule has 1 saturated heterocycles. The molecule has 0 spiro atoms. The molecule has 0 unspecified atom stereocenters. The summed E-state index contributed by atoms with van der Waals surface area (Å²) in [6.45, 7) is 9.78. The lowest BCUT2D eigenvalue weighted by atomic mass is 9.49. The number of ether oxygens (including phenoxy) is 3. The van der Waals surface area contributed by atoms with Gasteiger partial charge in [0.1, 0.15) is 12.2 Å². The second kappa shape index (κ2) is 9.11. The summed E-state index contributed by atoms with van der Waals surface area (Å²) in [5.74, 6) is -2.85. The summed E-state index contributed by atoms with van der Waals surface area (Å²) in [6, 6.07) is 8.42. The quantitative estimate of drug-likeness (QED) is 0.331. The Labute approximate surface area is 228 Å². The predicted octanol–water partition coefficient (Wildman–Crippen LogP) is 2.15. The van der Waals surface area contributed by atoms with Crippen molar-refractivity contribution in [3.63, 3.8) is 0 Å². The van der Waals surface area contributed by atoms with E-state index in [0.717, 1.165) is 0 Å². The fourth-order valence-corrected chi connectivity index (χ4v) is 8.47. The Morgan fingerprint density at radius 2 is 1.77 bits per heavy atom. The molecule has 5 rings (SSSR count). The molecule has 10 atom stereocenters. The third kappa shape index (κ3) is 3.70. The molecular formula is C30H40O9. The minimum atomic E-state index is -1.57. The lowest BCUT2D eigenvalue weighted by Gasteiger charge is -2.65. The fourth-order valence-electron chi connectivity index (χ4n) is 8.47. The summed E-state index contributed by atoms with van der Waals surface area (Å²) in [5.41, 5.74) is -4.16. The summed E-state index contributed by atoms with van der Waals surface area (Å²) in [5, 5.41) is 46.9. The number of hydrogen-bond donors (Lipinski definition) is 4. The molecule has 0 aromatic heterocycles. The van der Waals surface area contributed by atoms with Crippen LogP contribution >= 0.6 is 0 Å². The van der Waals surface area contributed by atoms with E-state index in [1.165, 1.54) is 6.92 Å². The van der Waals surface area contributed by atoms with Crippen LogP contribution in [0.5, 0.6) is 0 Å². The van der Waals surface area contributed by atoms with Gasteiger partial charge >= 0.3 is 11.9 Å². The zero-order valence-corrected chi connectivity index (χ0v) is 23.4. The molecular weight excluding hydrogens is 504 g/mol. The Morgan fingerprint density at radius 1 is 1.13 bits per heavy atom. The predicted molar refractivity (Wildman–Crippen MR) is 139 cm³/mol. The molecule has 1 aromatic rings. The molecule has 3 aliphatic carbocycles. The number of carbonyl (C=O) groups is 2. The highest BCUT2D eigenvalue weighted by Gasteiger charge is 2.78. The minimum Gasteiger partial charge on any atom is -0.457 e. The van der Waals surface area contributed by atoms with Crippen LogP contribution in [0, 0.1) is 22.7 Å². The summed E-state index contributed by atoms with van der Waals surface area (Å²) in [7, 11) is 0. The molecule has 4 N–H and O–H groups in total. The Morgan fingerprint density at radius 3 is 2.31 bits per heavy atom. The Hall–Kier alpha value is -2.30. The van der Waals surface area contributed by atoms with E-state index >= 15 is 0 Å². The Bertz CT molecular complexity index is 1190. The summed E-state index contributed by atoms with van der Waals surface area (Å²) in [6.07, 6.45) is -5.04. The standard InChI is InChI=1S/C30H40O9/c1-15-19(32)13-29(27(4,5)36)22(15)16(2)24(34)28(6)20(33)12-21-30(14-37-21,39-17(3)31)23(28)25(29)38-26(35)18-10-8-7-9-11-18/h7-11,16,19-21,23-25,32-34,36H,12-14H2,1-6H3/t16-,19-,20-,21+,23-,24-,25-,28+,29-,30-/m0/s1. The van der Waals surface area contributed by atoms with Crippen LogP contribution in [0.3, 0.4) is 0 Å². The van der Waals surface area contributed by atoms with Crippen molar-refractivity contribution in [1.29, 1.82) is 0 Å². The molecule has 1 aromatic carbocycles. The van der Waals surface area contributed by atoms with Crippen LogP contribution in [0.4, 0.5) is 0 Å². The van der Waals surface area contributed by atoms with Gasteiger partial charge in [-0.3, -0.25) is 4.79 Å². The molecule has 9 heteroatoms. The van der Waals surface area contributed by atoms with Gasteiger partial charge in [0.25, 0.3) is 0 Å². The molecule has 39 heavy (non-hydrogen) atoms.